The van der Waals surface area contributed by atoms with Crippen molar-refractivity contribution in [2.45, 2.75) is 38.1 Å². The highest BCUT2D eigenvalue weighted by molar-refractivity contribution is 7.89. The molecule has 0 radical (unpaired) electrons. The normalized spacial score (nSPS) is 17.7. The molecule has 1 saturated heterocycles. The Bertz CT molecular complexity index is 1480. The highest BCUT2D eigenvalue weighted by atomic mass is 32.2. The molecule has 1 fully saturated rings. The van der Waals surface area contributed by atoms with Gasteiger partial charge in [0.2, 0.25) is 10.0 Å². The summed E-state index contributed by atoms with van der Waals surface area (Å²) in [5.41, 5.74) is 3.27. The summed E-state index contributed by atoms with van der Waals surface area (Å²) < 4.78 is 38.3. The van der Waals surface area contributed by atoms with Crippen molar-refractivity contribution in [3.63, 3.8) is 0 Å². The van der Waals surface area contributed by atoms with Crippen LogP contribution in [-0.2, 0) is 27.8 Å². The van der Waals surface area contributed by atoms with Crippen LogP contribution >= 0.6 is 11.3 Å². The smallest absolute Gasteiger partial charge is 0.259 e. The van der Waals surface area contributed by atoms with Gasteiger partial charge in [0.1, 0.15) is 5.75 Å². The maximum atomic E-state index is 13.3. The van der Waals surface area contributed by atoms with Crippen molar-refractivity contribution in [1.82, 2.24) is 14.3 Å². The third kappa shape index (κ3) is 4.95. The molecule has 4 heterocycles. The van der Waals surface area contributed by atoms with Gasteiger partial charge in [-0.3, -0.25) is 15.1 Å². The van der Waals surface area contributed by atoms with E-state index in [1.54, 1.807) is 24.3 Å². The summed E-state index contributed by atoms with van der Waals surface area (Å²) in [5.74, 6) is 0.111. The van der Waals surface area contributed by atoms with Gasteiger partial charge in [0.05, 0.1) is 54.9 Å². The second kappa shape index (κ2) is 10.2. The van der Waals surface area contributed by atoms with Crippen LogP contribution in [0.3, 0.4) is 0 Å². The number of hydrogen-bond acceptors (Lipinski definition) is 9. The fourth-order valence-corrected chi connectivity index (χ4v) is 7.35. The number of benzene rings is 1. The molecule has 2 aliphatic rings. The van der Waals surface area contributed by atoms with Gasteiger partial charge in [0, 0.05) is 34.5 Å². The third-order valence-electron chi connectivity index (χ3n) is 6.45. The molecule has 1 unspecified atom stereocenters. The topological polar surface area (TPSA) is 135 Å². The summed E-state index contributed by atoms with van der Waals surface area (Å²) in [7, 11) is -1.96. The number of nitrogens with one attached hydrogen (secondary N) is 1. The molecule has 0 saturated carbocycles. The van der Waals surface area contributed by atoms with Gasteiger partial charge in [-0.2, -0.15) is 9.57 Å². The van der Waals surface area contributed by atoms with Crippen molar-refractivity contribution in [2.24, 2.45) is 0 Å². The Kier molecular flexibility index (Phi) is 6.96. The number of sulfonamides is 1. The molecule has 12 heteroatoms. The number of methoxy groups -OCH3 is 1. The lowest BCUT2D eigenvalue weighted by Gasteiger charge is -2.26. The van der Waals surface area contributed by atoms with E-state index in [0.29, 0.717) is 57.6 Å². The molecule has 1 N–H and O–H groups in total. The number of fused-ring (bicyclic) bond motifs is 1. The van der Waals surface area contributed by atoms with Crippen LogP contribution in [0.15, 0.2) is 30.5 Å². The number of nitrogens with zero attached hydrogens (tertiary/aromatic N) is 4. The zero-order valence-corrected chi connectivity index (χ0v) is 22.0. The number of hydrogen-bond donors (Lipinski definition) is 1. The van der Waals surface area contributed by atoms with Crippen LogP contribution in [0.25, 0.3) is 11.1 Å². The zero-order chi connectivity index (χ0) is 26.2. The molecule has 1 aromatic carbocycles. The Morgan fingerprint density at radius 2 is 2.14 bits per heavy atom. The molecule has 3 aromatic rings. The molecule has 2 aliphatic heterocycles. The minimum atomic E-state index is -3.49. The predicted molar refractivity (Wildman–Crippen MR) is 138 cm³/mol. The highest BCUT2D eigenvalue weighted by Gasteiger charge is 2.38. The first-order valence-corrected chi connectivity index (χ1v) is 14.0. The monoisotopic (exact) mass is 539 g/mol. The van der Waals surface area contributed by atoms with Crippen molar-refractivity contribution < 1.29 is 22.7 Å². The summed E-state index contributed by atoms with van der Waals surface area (Å²) in [6.45, 7) is 3.04. The molecular formula is C25H25N5O5S2. The minimum Gasteiger partial charge on any atom is -0.496 e. The van der Waals surface area contributed by atoms with E-state index < -0.39 is 21.2 Å². The predicted octanol–water partition coefficient (Wildman–Crippen LogP) is 3.47. The quantitative estimate of drug-likeness (QED) is 0.503. The Hall–Kier alpha value is -3.37. The van der Waals surface area contributed by atoms with Gasteiger partial charge in [-0.15, -0.1) is 0 Å². The molecule has 0 spiro atoms. The maximum Gasteiger partial charge on any atom is 0.259 e. The summed E-state index contributed by atoms with van der Waals surface area (Å²) in [4.78, 5) is 22.9. The first kappa shape index (κ1) is 25.3. The number of carbonyl (C=O) groups is 1. The van der Waals surface area contributed by atoms with Crippen LogP contribution in [0.2, 0.25) is 0 Å². The van der Waals surface area contributed by atoms with Crippen molar-refractivity contribution in [1.29, 1.82) is 5.26 Å². The lowest BCUT2D eigenvalue weighted by Crippen LogP contribution is -2.40. The number of amides is 1. The Labute approximate surface area is 218 Å². The standard InChI is InChI=1S/C25H25N5O5S2/c1-15-8-18(19-9-16(10-26)5-6-22(19)34-2)20(11-27-15)24(31)29-25-28-21-12-30(13-23(21)36-25)37(32,33)17-4-3-7-35-14-17/h5-6,8-9,11,17H,3-4,7,12-14H2,1-2H3,(H,28,29,31). The number of aromatic nitrogens is 2. The number of rotatable bonds is 6. The van der Waals surface area contributed by atoms with Crippen LogP contribution in [0.4, 0.5) is 5.13 Å². The average Bonchev–Trinajstić information content (AvgIpc) is 3.48. The highest BCUT2D eigenvalue weighted by Crippen LogP contribution is 2.36. The summed E-state index contributed by atoms with van der Waals surface area (Å²) in [6, 6.07) is 8.90. The second-order valence-electron chi connectivity index (χ2n) is 8.89. The van der Waals surface area contributed by atoms with Gasteiger partial charge in [-0.05, 0) is 44.0 Å². The Morgan fingerprint density at radius 1 is 1.30 bits per heavy atom. The molecule has 192 valence electrons. The number of aryl methyl sites for hydroxylation is 1. The zero-order valence-electron chi connectivity index (χ0n) is 20.4. The van der Waals surface area contributed by atoms with Crippen LogP contribution in [-0.4, -0.2) is 54.2 Å². The number of carbonyl (C=O) groups excluding carboxylic acids is 1. The molecule has 1 amide bonds. The van der Waals surface area contributed by atoms with E-state index >= 15 is 0 Å². The fraction of sp³-hybridized carbons (Fsp3) is 0.360. The van der Waals surface area contributed by atoms with Crippen molar-refractivity contribution in [3.8, 4) is 22.9 Å². The van der Waals surface area contributed by atoms with Crippen molar-refractivity contribution >= 4 is 32.4 Å². The van der Waals surface area contributed by atoms with Gasteiger partial charge in [0.25, 0.3) is 5.91 Å². The molecule has 1 atom stereocenters. The Morgan fingerprint density at radius 3 is 2.84 bits per heavy atom. The number of anilines is 1. The fourth-order valence-electron chi connectivity index (χ4n) is 4.52. The SMILES string of the molecule is COc1ccc(C#N)cc1-c1cc(C)ncc1C(=O)Nc1nc2c(s1)CN(S(=O)(=O)C1CCCOC1)C2. The largest absolute Gasteiger partial charge is 0.496 e. The van der Waals surface area contributed by atoms with Crippen LogP contribution in [0.5, 0.6) is 5.75 Å². The first-order valence-electron chi connectivity index (χ1n) is 11.7. The van der Waals surface area contributed by atoms with E-state index in [9.17, 15) is 18.5 Å². The molecular weight excluding hydrogens is 514 g/mol. The lowest BCUT2D eigenvalue weighted by molar-refractivity contribution is 0.0974. The van der Waals surface area contributed by atoms with Crippen LogP contribution in [0.1, 0.15) is 45.0 Å². The summed E-state index contributed by atoms with van der Waals surface area (Å²) >= 11 is 1.26. The van der Waals surface area contributed by atoms with E-state index in [2.05, 4.69) is 21.4 Å². The van der Waals surface area contributed by atoms with E-state index in [0.717, 1.165) is 11.3 Å². The molecule has 10 nitrogen and oxygen atoms in total. The number of pyridine rings is 1. The molecule has 0 bridgehead atoms. The van der Waals surface area contributed by atoms with Gasteiger partial charge >= 0.3 is 0 Å². The Balaban J connectivity index is 1.37. The van der Waals surface area contributed by atoms with Gasteiger partial charge < -0.3 is 9.47 Å². The maximum absolute atomic E-state index is 13.3. The molecule has 5 rings (SSSR count). The van der Waals surface area contributed by atoms with Crippen molar-refractivity contribution in [3.05, 3.63) is 57.9 Å². The number of ether oxygens (including phenoxy) is 2. The van der Waals surface area contributed by atoms with Gasteiger partial charge in [-0.25, -0.2) is 13.4 Å². The summed E-state index contributed by atoms with van der Waals surface area (Å²) in [5, 5.41) is 12.1. The second-order valence-corrected chi connectivity index (χ2v) is 12.2. The van der Waals surface area contributed by atoms with Crippen molar-refractivity contribution in [2.75, 3.05) is 25.6 Å². The molecule has 0 aliphatic carbocycles. The number of thiazole rings is 1. The van der Waals surface area contributed by atoms with E-state index in [-0.39, 0.29) is 19.7 Å². The average molecular weight is 540 g/mol. The van der Waals surface area contributed by atoms with E-state index in [1.807, 2.05) is 6.92 Å². The van der Waals surface area contributed by atoms with Crippen LogP contribution in [0, 0.1) is 18.3 Å². The van der Waals surface area contributed by atoms with Crippen LogP contribution < -0.4 is 10.1 Å². The third-order valence-corrected chi connectivity index (χ3v) is 9.64. The molecule has 37 heavy (non-hydrogen) atoms. The minimum absolute atomic E-state index is 0.177. The van der Waals surface area contributed by atoms with Gasteiger partial charge in [-0.1, -0.05) is 11.3 Å². The number of nitriles is 1. The lowest BCUT2D eigenvalue weighted by atomic mass is 9.97. The summed E-state index contributed by atoms with van der Waals surface area (Å²) in [6.07, 6.45) is 2.81. The first-order chi connectivity index (χ1) is 17.8. The molecule has 2 aromatic heterocycles. The van der Waals surface area contributed by atoms with E-state index in [1.165, 1.54) is 28.9 Å². The van der Waals surface area contributed by atoms with Gasteiger partial charge in [0.15, 0.2) is 5.13 Å². The van der Waals surface area contributed by atoms with E-state index in [4.69, 9.17) is 9.47 Å².